The number of aromatic nitrogens is 2. The number of carboxylic acid groups (broad SMARTS) is 1. The molecule has 0 fully saturated rings. The summed E-state index contributed by atoms with van der Waals surface area (Å²) in [7, 11) is 0. The molecule has 1 heterocycles. The van der Waals surface area contributed by atoms with Gasteiger partial charge in [-0.2, -0.15) is 0 Å². The molecule has 5 nitrogen and oxygen atoms in total. The maximum absolute atomic E-state index is 10.9. The van der Waals surface area contributed by atoms with Crippen molar-refractivity contribution in [3.63, 3.8) is 0 Å². The van der Waals surface area contributed by atoms with E-state index in [1.807, 2.05) is 12.2 Å². The van der Waals surface area contributed by atoms with Gasteiger partial charge in [-0.15, -0.1) is 0 Å². The van der Waals surface area contributed by atoms with Crippen LogP contribution in [-0.4, -0.2) is 21.0 Å². The lowest BCUT2D eigenvalue weighted by molar-refractivity contribution is 0.0691. The quantitative estimate of drug-likeness (QED) is 0.811. The summed E-state index contributed by atoms with van der Waals surface area (Å²) >= 11 is 0. The Kier molecular flexibility index (Phi) is 2.91. The lowest BCUT2D eigenvalue weighted by Crippen LogP contribution is -2.09. The first-order valence-electron chi connectivity index (χ1n) is 5.30. The molecule has 1 aromatic heterocycles. The molecule has 0 aliphatic heterocycles. The van der Waals surface area contributed by atoms with Crippen molar-refractivity contribution in [2.24, 2.45) is 0 Å². The number of carbonyl (C=O) groups is 1. The Bertz CT molecular complexity index is 533. The maximum atomic E-state index is 10.9. The number of nitrogen functional groups attached to an aromatic ring is 1. The van der Waals surface area contributed by atoms with Crippen molar-refractivity contribution in [3.8, 4) is 0 Å². The highest BCUT2D eigenvalue weighted by molar-refractivity contribution is 5.90. The number of rotatable bonds is 2. The SMILES string of the molecule is CC1=CC=C(c2cnc(N)c(C(=O)O)n2)CC1. The summed E-state index contributed by atoms with van der Waals surface area (Å²) in [5.41, 5.74) is 8.15. The topological polar surface area (TPSA) is 89.1 Å². The minimum absolute atomic E-state index is 0.0515. The van der Waals surface area contributed by atoms with Crippen molar-refractivity contribution in [3.05, 3.63) is 35.3 Å². The van der Waals surface area contributed by atoms with E-state index >= 15 is 0 Å². The number of allylic oxidation sites excluding steroid dienone is 4. The standard InChI is InChI=1S/C12H13N3O2/c1-7-2-4-8(5-3-7)9-6-14-11(13)10(15-9)12(16)17/h2,4,6H,3,5H2,1H3,(H2,13,14)(H,16,17). The van der Waals surface area contributed by atoms with E-state index in [4.69, 9.17) is 10.8 Å². The Morgan fingerprint density at radius 2 is 2.18 bits per heavy atom. The molecule has 17 heavy (non-hydrogen) atoms. The largest absolute Gasteiger partial charge is 0.476 e. The Balaban J connectivity index is 2.41. The van der Waals surface area contributed by atoms with Crippen LogP contribution in [-0.2, 0) is 0 Å². The van der Waals surface area contributed by atoms with Gasteiger partial charge >= 0.3 is 5.97 Å². The molecular weight excluding hydrogens is 218 g/mol. The molecular formula is C12H13N3O2. The summed E-state index contributed by atoms with van der Waals surface area (Å²) in [6.45, 7) is 2.06. The molecule has 3 N–H and O–H groups in total. The van der Waals surface area contributed by atoms with Crippen molar-refractivity contribution >= 4 is 17.4 Å². The number of anilines is 1. The van der Waals surface area contributed by atoms with Crippen molar-refractivity contribution in [1.29, 1.82) is 0 Å². The highest BCUT2D eigenvalue weighted by Crippen LogP contribution is 2.25. The third-order valence-electron chi connectivity index (χ3n) is 2.69. The monoisotopic (exact) mass is 231 g/mol. The second-order valence-electron chi connectivity index (χ2n) is 4.00. The van der Waals surface area contributed by atoms with Crippen molar-refractivity contribution in [1.82, 2.24) is 9.97 Å². The number of nitrogens with zero attached hydrogens (tertiary/aromatic N) is 2. The van der Waals surface area contributed by atoms with Gasteiger partial charge in [-0.3, -0.25) is 0 Å². The highest BCUT2D eigenvalue weighted by Gasteiger charge is 2.14. The molecule has 0 unspecified atom stereocenters. The van der Waals surface area contributed by atoms with Crippen LogP contribution in [0.25, 0.3) is 5.57 Å². The van der Waals surface area contributed by atoms with Gasteiger partial charge in [0.15, 0.2) is 11.5 Å². The second kappa shape index (κ2) is 4.37. The minimum Gasteiger partial charge on any atom is -0.476 e. The van der Waals surface area contributed by atoms with Crippen LogP contribution < -0.4 is 5.73 Å². The van der Waals surface area contributed by atoms with Gasteiger partial charge in [0.05, 0.1) is 11.9 Å². The molecule has 0 atom stereocenters. The normalized spacial score (nSPS) is 15.1. The van der Waals surface area contributed by atoms with Crippen LogP contribution in [0.1, 0.15) is 35.9 Å². The van der Waals surface area contributed by atoms with Gasteiger partial charge < -0.3 is 10.8 Å². The molecule has 0 amide bonds. The Hall–Kier alpha value is -2.17. The molecule has 0 saturated heterocycles. The van der Waals surface area contributed by atoms with Crippen molar-refractivity contribution in [2.45, 2.75) is 19.8 Å². The van der Waals surface area contributed by atoms with E-state index in [9.17, 15) is 4.79 Å². The second-order valence-corrected chi connectivity index (χ2v) is 4.00. The number of hydrogen-bond acceptors (Lipinski definition) is 4. The first-order valence-corrected chi connectivity index (χ1v) is 5.30. The van der Waals surface area contributed by atoms with Gasteiger partial charge in [0, 0.05) is 0 Å². The van der Waals surface area contributed by atoms with E-state index in [-0.39, 0.29) is 11.5 Å². The molecule has 1 aliphatic rings. The molecule has 2 rings (SSSR count). The summed E-state index contributed by atoms with van der Waals surface area (Å²) in [5.74, 6) is -1.20. The van der Waals surface area contributed by atoms with Gasteiger partial charge in [0.25, 0.3) is 0 Å². The van der Waals surface area contributed by atoms with Gasteiger partial charge in [0.1, 0.15) is 0 Å². The summed E-state index contributed by atoms with van der Waals surface area (Å²) in [4.78, 5) is 18.8. The Morgan fingerprint density at radius 3 is 2.76 bits per heavy atom. The molecule has 0 saturated carbocycles. The molecule has 0 radical (unpaired) electrons. The van der Waals surface area contributed by atoms with Gasteiger partial charge in [0.2, 0.25) is 0 Å². The van der Waals surface area contributed by atoms with Gasteiger partial charge in [-0.25, -0.2) is 14.8 Å². The van der Waals surface area contributed by atoms with Gasteiger partial charge in [-0.1, -0.05) is 17.7 Å². The van der Waals surface area contributed by atoms with Crippen LogP contribution in [0.5, 0.6) is 0 Å². The predicted octanol–water partition coefficient (Wildman–Crippen LogP) is 1.88. The zero-order valence-corrected chi connectivity index (χ0v) is 9.47. The van der Waals surface area contributed by atoms with Crippen LogP contribution in [0.3, 0.4) is 0 Å². The summed E-state index contributed by atoms with van der Waals surface area (Å²) < 4.78 is 0. The van der Waals surface area contributed by atoms with Crippen LogP contribution >= 0.6 is 0 Å². The molecule has 88 valence electrons. The smallest absolute Gasteiger partial charge is 0.358 e. The highest BCUT2D eigenvalue weighted by atomic mass is 16.4. The fraction of sp³-hybridized carbons (Fsp3) is 0.250. The van der Waals surface area contributed by atoms with Crippen LogP contribution in [0, 0.1) is 0 Å². The zero-order valence-electron chi connectivity index (χ0n) is 9.47. The first-order chi connectivity index (χ1) is 8.08. The third-order valence-corrected chi connectivity index (χ3v) is 2.69. The van der Waals surface area contributed by atoms with E-state index < -0.39 is 5.97 Å². The zero-order chi connectivity index (χ0) is 12.4. The van der Waals surface area contributed by atoms with Crippen LogP contribution in [0.15, 0.2) is 23.9 Å². The average molecular weight is 231 g/mol. The summed E-state index contributed by atoms with van der Waals surface area (Å²) in [6.07, 6.45) is 7.28. The third kappa shape index (κ3) is 2.33. The maximum Gasteiger partial charge on any atom is 0.358 e. The van der Waals surface area contributed by atoms with E-state index in [2.05, 4.69) is 16.9 Å². The molecule has 1 aromatic rings. The number of hydrogen-bond donors (Lipinski definition) is 2. The average Bonchev–Trinajstić information content (AvgIpc) is 2.30. The van der Waals surface area contributed by atoms with E-state index in [1.54, 1.807) is 0 Å². The minimum atomic E-state index is -1.15. The van der Waals surface area contributed by atoms with E-state index in [0.717, 1.165) is 18.4 Å². The first kappa shape index (κ1) is 11.3. The number of carboxylic acids is 1. The Labute approximate surface area is 98.7 Å². The molecule has 0 bridgehead atoms. The predicted molar refractivity (Wildman–Crippen MR) is 64.4 cm³/mol. The van der Waals surface area contributed by atoms with Gasteiger partial charge in [-0.05, 0) is 25.3 Å². The molecule has 1 aliphatic carbocycles. The van der Waals surface area contributed by atoms with Crippen LogP contribution in [0.4, 0.5) is 5.82 Å². The van der Waals surface area contributed by atoms with Crippen molar-refractivity contribution in [2.75, 3.05) is 5.73 Å². The summed E-state index contributed by atoms with van der Waals surface area (Å²) in [5, 5.41) is 8.92. The molecule has 5 heteroatoms. The lowest BCUT2D eigenvalue weighted by Gasteiger charge is -2.12. The number of aromatic carboxylic acids is 1. The molecule has 0 spiro atoms. The fourth-order valence-corrected chi connectivity index (χ4v) is 1.67. The van der Waals surface area contributed by atoms with Crippen molar-refractivity contribution < 1.29 is 9.90 Å². The van der Waals surface area contributed by atoms with E-state index in [1.165, 1.54) is 11.8 Å². The summed E-state index contributed by atoms with van der Waals surface area (Å²) in [6, 6.07) is 0. The molecule has 0 aromatic carbocycles. The van der Waals surface area contributed by atoms with Crippen LogP contribution in [0.2, 0.25) is 0 Å². The van der Waals surface area contributed by atoms with E-state index in [0.29, 0.717) is 5.69 Å². The Morgan fingerprint density at radius 1 is 1.41 bits per heavy atom. The fourth-order valence-electron chi connectivity index (χ4n) is 1.67. The number of nitrogens with two attached hydrogens (primary N) is 1. The lowest BCUT2D eigenvalue weighted by atomic mass is 9.97.